The summed E-state index contributed by atoms with van der Waals surface area (Å²) in [5.74, 6) is 0.783. The van der Waals surface area contributed by atoms with E-state index in [1.54, 1.807) is 66.5 Å². The smallest absolute Gasteiger partial charge is 0.248 e. The van der Waals surface area contributed by atoms with Gasteiger partial charge in [-0.25, -0.2) is 4.98 Å². The first kappa shape index (κ1) is 23.1. The highest BCUT2D eigenvalue weighted by Crippen LogP contribution is 2.37. The fourth-order valence-electron chi connectivity index (χ4n) is 2.96. The zero-order valence-electron chi connectivity index (χ0n) is 18.3. The van der Waals surface area contributed by atoms with E-state index >= 15 is 0 Å². The molecular formula is C24H24ClN3O4. The number of nitrogens with one attached hydrogen (secondary N) is 1. The Hall–Kier alpha value is -3.58. The van der Waals surface area contributed by atoms with Gasteiger partial charge in [0.25, 0.3) is 0 Å². The fraction of sp³-hybridized carbons (Fsp3) is 0.208. The Morgan fingerprint density at radius 2 is 1.91 bits per heavy atom. The minimum absolute atomic E-state index is 0.0565. The van der Waals surface area contributed by atoms with Crippen molar-refractivity contribution in [3.63, 3.8) is 0 Å². The second-order valence-corrected chi connectivity index (χ2v) is 7.70. The van der Waals surface area contributed by atoms with E-state index < -0.39 is 0 Å². The van der Waals surface area contributed by atoms with Crippen LogP contribution in [0, 0.1) is 0 Å². The molecule has 1 heterocycles. The highest BCUT2D eigenvalue weighted by atomic mass is 35.5. The second kappa shape index (κ2) is 10.2. The monoisotopic (exact) mass is 453 g/mol. The van der Waals surface area contributed by atoms with E-state index in [1.165, 1.54) is 13.2 Å². The van der Waals surface area contributed by atoms with Gasteiger partial charge < -0.3 is 19.4 Å². The average Bonchev–Trinajstić information content (AvgIpc) is 3.19. The maximum Gasteiger partial charge on any atom is 0.248 e. The van der Waals surface area contributed by atoms with E-state index in [-0.39, 0.29) is 17.8 Å². The van der Waals surface area contributed by atoms with Crippen LogP contribution in [0.5, 0.6) is 11.5 Å². The van der Waals surface area contributed by atoms with E-state index in [4.69, 9.17) is 21.1 Å². The summed E-state index contributed by atoms with van der Waals surface area (Å²) in [6, 6.07) is 10.1. The molecule has 0 atom stereocenters. The summed E-state index contributed by atoms with van der Waals surface area (Å²) in [6.45, 7) is 3.80. The molecule has 0 saturated heterocycles. The van der Waals surface area contributed by atoms with Gasteiger partial charge in [0.05, 0.1) is 18.2 Å². The van der Waals surface area contributed by atoms with Crippen molar-refractivity contribution < 1.29 is 19.1 Å². The number of halogens is 1. The number of hydrogen-bond acceptors (Lipinski definition) is 5. The summed E-state index contributed by atoms with van der Waals surface area (Å²) in [6.07, 6.45) is 6.24. The van der Waals surface area contributed by atoms with Crippen LogP contribution in [0.4, 0.5) is 5.69 Å². The molecule has 8 heteroatoms. The lowest BCUT2D eigenvalue weighted by Gasteiger charge is -2.15. The summed E-state index contributed by atoms with van der Waals surface area (Å²) in [5, 5.41) is 3.15. The van der Waals surface area contributed by atoms with Crippen molar-refractivity contribution >= 4 is 35.1 Å². The van der Waals surface area contributed by atoms with Gasteiger partial charge >= 0.3 is 0 Å². The Morgan fingerprint density at radius 1 is 1.19 bits per heavy atom. The van der Waals surface area contributed by atoms with Gasteiger partial charge in [-0.15, -0.1) is 0 Å². The molecule has 166 valence electrons. The van der Waals surface area contributed by atoms with Gasteiger partial charge in [0.1, 0.15) is 0 Å². The standard InChI is InChI=1S/C24H24ClN3O4/c1-15(2)32-23-19(25)13-16(14-20(23)31-4)5-10-21(29)27-18-8-6-17(7-9-18)22(30)24-26-11-12-28(24)3/h5-15H,1-4H3,(H,27,29). The van der Waals surface area contributed by atoms with Crippen molar-refractivity contribution in [1.29, 1.82) is 0 Å². The van der Waals surface area contributed by atoms with E-state index in [0.29, 0.717) is 39.2 Å². The first-order chi connectivity index (χ1) is 15.3. The molecule has 0 spiro atoms. The van der Waals surface area contributed by atoms with E-state index in [9.17, 15) is 9.59 Å². The Kier molecular flexibility index (Phi) is 7.33. The highest BCUT2D eigenvalue weighted by molar-refractivity contribution is 6.32. The number of aromatic nitrogens is 2. The number of imidazole rings is 1. The third-order valence-corrected chi connectivity index (χ3v) is 4.75. The second-order valence-electron chi connectivity index (χ2n) is 7.29. The molecule has 1 amide bonds. The summed E-state index contributed by atoms with van der Waals surface area (Å²) in [4.78, 5) is 28.9. The lowest BCUT2D eigenvalue weighted by atomic mass is 10.1. The lowest BCUT2D eigenvalue weighted by molar-refractivity contribution is -0.111. The summed E-state index contributed by atoms with van der Waals surface area (Å²) in [5.41, 5.74) is 1.74. The average molecular weight is 454 g/mol. The number of amides is 1. The van der Waals surface area contributed by atoms with Gasteiger partial charge in [0.15, 0.2) is 17.3 Å². The molecule has 2 aromatic carbocycles. The molecule has 1 aromatic heterocycles. The molecule has 0 aliphatic heterocycles. The number of methoxy groups -OCH3 is 1. The van der Waals surface area contributed by atoms with Gasteiger partial charge in [-0.2, -0.15) is 0 Å². The maximum atomic E-state index is 12.5. The molecule has 32 heavy (non-hydrogen) atoms. The lowest BCUT2D eigenvalue weighted by Crippen LogP contribution is -2.10. The van der Waals surface area contributed by atoms with Crippen molar-refractivity contribution in [3.8, 4) is 11.5 Å². The van der Waals surface area contributed by atoms with Crippen molar-refractivity contribution in [2.24, 2.45) is 7.05 Å². The SMILES string of the molecule is COc1cc(C=CC(=O)Nc2ccc(C(=O)c3nccn3C)cc2)cc(Cl)c1OC(C)C. The minimum Gasteiger partial charge on any atom is -0.493 e. The van der Waals surface area contributed by atoms with Crippen LogP contribution in [0.15, 0.2) is 54.9 Å². The van der Waals surface area contributed by atoms with Crippen molar-refractivity contribution in [3.05, 3.63) is 76.8 Å². The number of nitrogens with zero attached hydrogens (tertiary/aromatic N) is 2. The summed E-state index contributed by atoms with van der Waals surface area (Å²) >= 11 is 6.32. The molecule has 0 unspecified atom stereocenters. The van der Waals surface area contributed by atoms with Crippen molar-refractivity contribution in [2.75, 3.05) is 12.4 Å². The maximum absolute atomic E-state index is 12.5. The molecule has 1 N–H and O–H groups in total. The molecule has 0 bridgehead atoms. The summed E-state index contributed by atoms with van der Waals surface area (Å²) < 4.78 is 12.7. The molecular weight excluding hydrogens is 430 g/mol. The van der Waals surface area contributed by atoms with Gasteiger partial charge in [-0.1, -0.05) is 11.6 Å². The van der Waals surface area contributed by atoms with Crippen LogP contribution < -0.4 is 14.8 Å². The van der Waals surface area contributed by atoms with E-state index in [1.807, 2.05) is 13.8 Å². The Morgan fingerprint density at radius 3 is 2.50 bits per heavy atom. The van der Waals surface area contributed by atoms with Crippen LogP contribution in [0.1, 0.15) is 35.6 Å². The summed E-state index contributed by atoms with van der Waals surface area (Å²) in [7, 11) is 3.29. The number of carbonyl (C=O) groups is 2. The van der Waals surface area contributed by atoms with Crippen LogP contribution in [0.25, 0.3) is 6.08 Å². The normalized spacial score (nSPS) is 11.1. The molecule has 3 rings (SSSR count). The number of hydrogen-bond donors (Lipinski definition) is 1. The highest BCUT2D eigenvalue weighted by Gasteiger charge is 2.14. The molecule has 0 aliphatic carbocycles. The number of ether oxygens (including phenoxy) is 2. The predicted molar refractivity (Wildman–Crippen MR) is 125 cm³/mol. The molecule has 3 aromatic rings. The number of benzene rings is 2. The number of ketones is 1. The predicted octanol–water partition coefficient (Wildman–Crippen LogP) is 4.75. The molecule has 0 aliphatic rings. The van der Waals surface area contributed by atoms with Crippen LogP contribution in [-0.2, 0) is 11.8 Å². The first-order valence-corrected chi connectivity index (χ1v) is 10.3. The van der Waals surface area contributed by atoms with Gasteiger partial charge in [-0.3, -0.25) is 9.59 Å². The first-order valence-electron chi connectivity index (χ1n) is 9.94. The number of rotatable bonds is 8. The van der Waals surface area contributed by atoms with E-state index in [2.05, 4.69) is 10.3 Å². The number of aryl methyl sites for hydroxylation is 1. The molecule has 0 radical (unpaired) electrons. The van der Waals surface area contributed by atoms with Crippen LogP contribution in [0.2, 0.25) is 5.02 Å². The van der Waals surface area contributed by atoms with Crippen molar-refractivity contribution in [1.82, 2.24) is 9.55 Å². The topological polar surface area (TPSA) is 82.5 Å². The zero-order valence-corrected chi connectivity index (χ0v) is 19.0. The molecule has 7 nitrogen and oxygen atoms in total. The fourth-order valence-corrected chi connectivity index (χ4v) is 3.22. The minimum atomic E-state index is -0.328. The Labute approximate surface area is 191 Å². The van der Waals surface area contributed by atoms with Gasteiger partial charge in [-0.05, 0) is 61.9 Å². The van der Waals surface area contributed by atoms with E-state index in [0.717, 1.165) is 0 Å². The van der Waals surface area contributed by atoms with Crippen LogP contribution >= 0.6 is 11.6 Å². The largest absolute Gasteiger partial charge is 0.493 e. The number of anilines is 1. The van der Waals surface area contributed by atoms with Gasteiger partial charge in [0, 0.05) is 36.8 Å². The molecule has 0 saturated carbocycles. The third-order valence-electron chi connectivity index (χ3n) is 4.47. The van der Waals surface area contributed by atoms with Gasteiger partial charge in [0.2, 0.25) is 11.7 Å². The quantitative estimate of drug-likeness (QED) is 0.393. The van der Waals surface area contributed by atoms with Crippen LogP contribution in [-0.4, -0.2) is 34.5 Å². The molecule has 0 fully saturated rings. The Bertz CT molecular complexity index is 1150. The van der Waals surface area contributed by atoms with Crippen LogP contribution in [0.3, 0.4) is 0 Å². The Balaban J connectivity index is 1.67. The van der Waals surface area contributed by atoms with Crippen molar-refractivity contribution in [2.45, 2.75) is 20.0 Å². The zero-order chi connectivity index (χ0) is 23.3. The third kappa shape index (κ3) is 5.56. The number of carbonyl (C=O) groups excluding carboxylic acids is 2.